The van der Waals surface area contributed by atoms with Gasteiger partial charge in [0.2, 0.25) is 5.91 Å². The molecular weight excluding hydrogens is 330 g/mol. The fraction of sp³-hybridized carbons (Fsp3) is 0.350. The van der Waals surface area contributed by atoms with Gasteiger partial charge in [0.1, 0.15) is 0 Å². The second-order valence-electron chi connectivity index (χ2n) is 6.66. The third kappa shape index (κ3) is 4.26. The number of benzene rings is 2. The van der Waals surface area contributed by atoms with Gasteiger partial charge in [-0.3, -0.25) is 19.8 Å². The average molecular weight is 353 g/mol. The Hall–Kier alpha value is -2.73. The quantitative estimate of drug-likeness (QED) is 0.612. The summed E-state index contributed by atoms with van der Waals surface area (Å²) < 4.78 is 0. The summed E-state index contributed by atoms with van der Waals surface area (Å²) in [6.07, 6.45) is 0. The van der Waals surface area contributed by atoms with Crippen LogP contribution in [0.15, 0.2) is 54.6 Å². The molecule has 1 saturated heterocycles. The number of nitro benzene ring substituents is 1. The Morgan fingerprint density at radius 3 is 2.23 bits per heavy atom. The molecule has 0 radical (unpaired) electrons. The number of nitro groups is 1. The molecule has 1 aliphatic rings. The third-order valence-corrected chi connectivity index (χ3v) is 4.91. The maximum absolute atomic E-state index is 12.8. The molecule has 2 aromatic carbocycles. The van der Waals surface area contributed by atoms with Gasteiger partial charge < -0.3 is 4.90 Å². The van der Waals surface area contributed by atoms with E-state index in [1.165, 1.54) is 17.7 Å². The first-order chi connectivity index (χ1) is 12.5. The molecular formula is C20H23N3O3. The molecule has 1 heterocycles. The molecule has 1 atom stereocenters. The molecule has 0 unspecified atom stereocenters. The smallest absolute Gasteiger partial charge is 0.269 e. The van der Waals surface area contributed by atoms with Crippen LogP contribution in [0.5, 0.6) is 0 Å². The first-order valence-corrected chi connectivity index (χ1v) is 8.84. The van der Waals surface area contributed by atoms with E-state index in [1.54, 1.807) is 12.1 Å². The summed E-state index contributed by atoms with van der Waals surface area (Å²) in [7, 11) is 0. The van der Waals surface area contributed by atoms with Gasteiger partial charge in [-0.2, -0.15) is 0 Å². The molecule has 136 valence electrons. The summed E-state index contributed by atoms with van der Waals surface area (Å²) >= 11 is 0. The Labute approximate surface area is 153 Å². The van der Waals surface area contributed by atoms with Crippen LogP contribution in [0.1, 0.15) is 24.0 Å². The largest absolute Gasteiger partial charge is 0.340 e. The number of rotatable bonds is 5. The molecule has 1 fully saturated rings. The molecule has 3 rings (SSSR count). The van der Waals surface area contributed by atoms with Crippen LogP contribution in [-0.2, 0) is 11.3 Å². The standard InChI is InChI=1S/C20H23N3O3/c1-16(18-7-9-19(10-8-18)23(25)26)20(24)22-13-11-21(12-14-22)15-17-5-3-2-4-6-17/h2-10,16H,11-15H2,1H3/t16-/m1/s1. The Morgan fingerprint density at radius 1 is 1.04 bits per heavy atom. The van der Waals surface area contributed by atoms with Crippen molar-refractivity contribution in [2.75, 3.05) is 26.2 Å². The fourth-order valence-corrected chi connectivity index (χ4v) is 3.27. The molecule has 0 N–H and O–H groups in total. The highest BCUT2D eigenvalue weighted by atomic mass is 16.6. The zero-order valence-corrected chi connectivity index (χ0v) is 14.9. The summed E-state index contributed by atoms with van der Waals surface area (Å²) in [6.45, 7) is 5.90. The van der Waals surface area contributed by atoms with Crippen LogP contribution in [0.25, 0.3) is 0 Å². The summed E-state index contributed by atoms with van der Waals surface area (Å²) in [5.74, 6) is -0.213. The molecule has 26 heavy (non-hydrogen) atoms. The number of piperazine rings is 1. The van der Waals surface area contributed by atoms with E-state index in [4.69, 9.17) is 0 Å². The van der Waals surface area contributed by atoms with Crippen LogP contribution in [-0.4, -0.2) is 46.8 Å². The Kier molecular flexibility index (Phi) is 5.63. The van der Waals surface area contributed by atoms with E-state index in [-0.39, 0.29) is 17.5 Å². The van der Waals surface area contributed by atoms with Gasteiger partial charge in [0.15, 0.2) is 0 Å². The molecule has 0 aliphatic carbocycles. The topological polar surface area (TPSA) is 66.7 Å². The van der Waals surface area contributed by atoms with Crippen LogP contribution >= 0.6 is 0 Å². The lowest BCUT2D eigenvalue weighted by molar-refractivity contribution is -0.384. The van der Waals surface area contributed by atoms with E-state index >= 15 is 0 Å². The van der Waals surface area contributed by atoms with E-state index in [0.29, 0.717) is 13.1 Å². The number of hydrogen-bond donors (Lipinski definition) is 0. The van der Waals surface area contributed by atoms with Crippen LogP contribution < -0.4 is 0 Å². The Balaban J connectivity index is 1.55. The highest BCUT2D eigenvalue weighted by Gasteiger charge is 2.26. The molecule has 0 bridgehead atoms. The summed E-state index contributed by atoms with van der Waals surface area (Å²) in [5.41, 5.74) is 2.14. The minimum Gasteiger partial charge on any atom is -0.340 e. The van der Waals surface area contributed by atoms with Crippen molar-refractivity contribution in [2.24, 2.45) is 0 Å². The third-order valence-electron chi connectivity index (χ3n) is 4.91. The van der Waals surface area contributed by atoms with Gasteiger partial charge in [-0.15, -0.1) is 0 Å². The minimum atomic E-state index is -0.428. The first kappa shape index (κ1) is 18.1. The van der Waals surface area contributed by atoms with Crippen LogP contribution in [0, 0.1) is 10.1 Å². The lowest BCUT2D eigenvalue weighted by Gasteiger charge is -2.36. The summed E-state index contributed by atoms with van der Waals surface area (Å²) in [6, 6.07) is 16.6. The molecule has 2 aromatic rings. The number of nitrogens with zero attached hydrogens (tertiary/aromatic N) is 3. The zero-order chi connectivity index (χ0) is 18.5. The normalized spacial score (nSPS) is 16.3. The van der Waals surface area contributed by atoms with E-state index in [0.717, 1.165) is 25.2 Å². The van der Waals surface area contributed by atoms with E-state index in [2.05, 4.69) is 17.0 Å². The lowest BCUT2D eigenvalue weighted by Crippen LogP contribution is -2.49. The van der Waals surface area contributed by atoms with Crippen molar-refractivity contribution in [3.8, 4) is 0 Å². The monoisotopic (exact) mass is 353 g/mol. The SMILES string of the molecule is C[C@@H](C(=O)N1CCN(Cc2ccccc2)CC1)c1ccc([N+](=O)[O-])cc1. The van der Waals surface area contributed by atoms with Crippen molar-refractivity contribution >= 4 is 11.6 Å². The van der Waals surface area contributed by atoms with Crippen molar-refractivity contribution in [3.63, 3.8) is 0 Å². The molecule has 0 saturated carbocycles. The summed E-state index contributed by atoms with van der Waals surface area (Å²) in [4.78, 5) is 27.3. The molecule has 0 spiro atoms. The Bertz CT molecular complexity index is 754. The zero-order valence-electron chi connectivity index (χ0n) is 14.9. The van der Waals surface area contributed by atoms with Crippen molar-refractivity contribution in [1.29, 1.82) is 0 Å². The Morgan fingerprint density at radius 2 is 1.65 bits per heavy atom. The van der Waals surface area contributed by atoms with Crippen LogP contribution in [0.2, 0.25) is 0 Å². The van der Waals surface area contributed by atoms with Crippen molar-refractivity contribution in [2.45, 2.75) is 19.4 Å². The molecule has 6 heteroatoms. The van der Waals surface area contributed by atoms with Crippen molar-refractivity contribution in [1.82, 2.24) is 9.80 Å². The van der Waals surface area contributed by atoms with Gasteiger partial charge in [0, 0.05) is 44.9 Å². The number of hydrogen-bond acceptors (Lipinski definition) is 4. The lowest BCUT2D eigenvalue weighted by atomic mass is 9.99. The predicted molar refractivity (Wildman–Crippen MR) is 99.8 cm³/mol. The summed E-state index contributed by atoms with van der Waals surface area (Å²) in [5, 5.41) is 10.8. The number of carbonyl (C=O) groups excluding carboxylic acids is 1. The molecule has 6 nitrogen and oxygen atoms in total. The highest BCUT2D eigenvalue weighted by molar-refractivity contribution is 5.83. The van der Waals surface area contributed by atoms with E-state index < -0.39 is 4.92 Å². The van der Waals surface area contributed by atoms with E-state index in [9.17, 15) is 14.9 Å². The van der Waals surface area contributed by atoms with Gasteiger partial charge >= 0.3 is 0 Å². The number of carbonyl (C=O) groups is 1. The van der Waals surface area contributed by atoms with Gasteiger partial charge in [-0.25, -0.2) is 0 Å². The van der Waals surface area contributed by atoms with Gasteiger partial charge in [0.05, 0.1) is 10.8 Å². The predicted octanol–water partition coefficient (Wildman–Crippen LogP) is 3.04. The second kappa shape index (κ2) is 8.10. The average Bonchev–Trinajstić information content (AvgIpc) is 2.68. The first-order valence-electron chi connectivity index (χ1n) is 8.84. The van der Waals surface area contributed by atoms with E-state index in [1.807, 2.05) is 30.0 Å². The number of amides is 1. The van der Waals surface area contributed by atoms with Gasteiger partial charge in [-0.1, -0.05) is 42.5 Å². The molecule has 1 amide bonds. The van der Waals surface area contributed by atoms with Crippen LogP contribution in [0.3, 0.4) is 0 Å². The van der Waals surface area contributed by atoms with Crippen molar-refractivity contribution in [3.05, 3.63) is 75.8 Å². The minimum absolute atomic E-state index is 0.0444. The fourth-order valence-electron chi connectivity index (χ4n) is 3.27. The maximum Gasteiger partial charge on any atom is 0.269 e. The van der Waals surface area contributed by atoms with Crippen molar-refractivity contribution < 1.29 is 9.72 Å². The second-order valence-corrected chi connectivity index (χ2v) is 6.66. The number of non-ortho nitro benzene ring substituents is 1. The van der Waals surface area contributed by atoms with Crippen LogP contribution in [0.4, 0.5) is 5.69 Å². The van der Waals surface area contributed by atoms with Gasteiger partial charge in [-0.05, 0) is 18.1 Å². The molecule has 1 aliphatic heterocycles. The maximum atomic E-state index is 12.8. The highest BCUT2D eigenvalue weighted by Crippen LogP contribution is 2.22. The molecule has 0 aromatic heterocycles. The van der Waals surface area contributed by atoms with Gasteiger partial charge in [0.25, 0.3) is 5.69 Å².